The van der Waals surface area contributed by atoms with Crippen molar-refractivity contribution in [2.24, 2.45) is 0 Å². The lowest BCUT2D eigenvalue weighted by Gasteiger charge is -2.21. The number of benzene rings is 2. The summed E-state index contributed by atoms with van der Waals surface area (Å²) in [5.74, 6) is 2.17. The summed E-state index contributed by atoms with van der Waals surface area (Å²) in [6, 6.07) is 13.2. The Hall–Kier alpha value is -3.53. The van der Waals surface area contributed by atoms with E-state index >= 15 is 0 Å². The number of aromatic nitrogens is 3. The van der Waals surface area contributed by atoms with Crippen molar-refractivity contribution in [2.45, 2.75) is 39.8 Å². The van der Waals surface area contributed by atoms with Gasteiger partial charge in [0.25, 0.3) is 5.91 Å². The van der Waals surface area contributed by atoms with Gasteiger partial charge >= 0.3 is 0 Å². The Morgan fingerprint density at radius 3 is 2.59 bits per heavy atom. The Balaban J connectivity index is 1.75. The standard InChI is InChI=1S/C24H31N5O4S/c1-6-32-20-13-16(11-12-19(20)33-15-21(30)26-24(2,3)4)14-25-29-22(27-28-23(29)34)17-9-7-8-10-18(17)31-5/h7-13,25H,6,14-15H2,1-5H3,(H,26,30)(H,28,34). The van der Waals surface area contributed by atoms with E-state index in [1.807, 2.05) is 64.1 Å². The molecule has 3 rings (SSSR count). The van der Waals surface area contributed by atoms with E-state index in [2.05, 4.69) is 20.9 Å². The van der Waals surface area contributed by atoms with E-state index in [0.717, 1.165) is 11.1 Å². The molecule has 182 valence electrons. The first-order chi connectivity index (χ1) is 16.2. The number of hydrogen-bond acceptors (Lipinski definition) is 7. The molecule has 0 aliphatic rings. The van der Waals surface area contributed by atoms with Gasteiger partial charge in [0.2, 0.25) is 4.77 Å². The van der Waals surface area contributed by atoms with E-state index in [4.69, 9.17) is 26.4 Å². The second-order valence-electron chi connectivity index (χ2n) is 8.52. The zero-order chi connectivity index (χ0) is 24.7. The minimum absolute atomic E-state index is 0.0958. The molecule has 0 spiro atoms. The highest BCUT2D eigenvalue weighted by molar-refractivity contribution is 7.71. The Bertz CT molecular complexity index is 1180. The lowest BCUT2D eigenvalue weighted by Crippen LogP contribution is -2.43. The fourth-order valence-electron chi connectivity index (χ4n) is 3.27. The molecule has 2 aromatic carbocycles. The number of para-hydroxylation sites is 1. The minimum atomic E-state index is -0.324. The predicted octanol–water partition coefficient (Wildman–Crippen LogP) is 4.05. The first-order valence-corrected chi connectivity index (χ1v) is 11.4. The number of H-pyrrole nitrogens is 1. The van der Waals surface area contributed by atoms with E-state index in [-0.39, 0.29) is 18.1 Å². The van der Waals surface area contributed by atoms with E-state index < -0.39 is 0 Å². The molecular weight excluding hydrogens is 454 g/mol. The van der Waals surface area contributed by atoms with Crippen LogP contribution in [0.3, 0.4) is 0 Å². The molecule has 0 fully saturated rings. The molecule has 3 N–H and O–H groups in total. The van der Waals surface area contributed by atoms with Crippen LogP contribution in [0.5, 0.6) is 17.2 Å². The number of aromatic amines is 1. The summed E-state index contributed by atoms with van der Waals surface area (Å²) < 4.78 is 19.1. The van der Waals surface area contributed by atoms with Gasteiger partial charge in [-0.2, -0.15) is 5.10 Å². The molecule has 0 radical (unpaired) electrons. The van der Waals surface area contributed by atoms with Gasteiger partial charge in [0.15, 0.2) is 23.9 Å². The molecule has 1 amide bonds. The molecule has 1 heterocycles. The quantitative estimate of drug-likeness (QED) is 0.372. The normalized spacial score (nSPS) is 11.1. The van der Waals surface area contributed by atoms with Crippen LogP contribution >= 0.6 is 12.2 Å². The molecule has 9 nitrogen and oxygen atoms in total. The number of amides is 1. The smallest absolute Gasteiger partial charge is 0.258 e. The maximum Gasteiger partial charge on any atom is 0.258 e. The molecule has 0 atom stereocenters. The summed E-state index contributed by atoms with van der Waals surface area (Å²) in [6.07, 6.45) is 0. The second-order valence-corrected chi connectivity index (χ2v) is 8.91. The van der Waals surface area contributed by atoms with Gasteiger partial charge in [-0.15, -0.1) is 0 Å². The average Bonchev–Trinajstić information content (AvgIpc) is 3.16. The molecular formula is C24H31N5O4S. The summed E-state index contributed by atoms with van der Waals surface area (Å²) in [4.78, 5) is 12.1. The van der Waals surface area contributed by atoms with Crippen LogP contribution in [-0.4, -0.2) is 46.6 Å². The van der Waals surface area contributed by atoms with Crippen LogP contribution in [0.2, 0.25) is 0 Å². The lowest BCUT2D eigenvalue weighted by atomic mass is 10.1. The Kier molecular flexibility index (Phi) is 8.17. The maximum absolute atomic E-state index is 12.1. The van der Waals surface area contributed by atoms with Crippen LogP contribution < -0.4 is 25.0 Å². The average molecular weight is 486 g/mol. The molecule has 0 saturated carbocycles. The largest absolute Gasteiger partial charge is 0.496 e. The molecule has 1 aromatic heterocycles. The van der Waals surface area contributed by atoms with Crippen molar-refractivity contribution in [3.8, 4) is 28.6 Å². The first-order valence-electron chi connectivity index (χ1n) is 11.0. The number of carbonyl (C=O) groups is 1. The number of nitrogens with zero attached hydrogens (tertiary/aromatic N) is 2. The van der Waals surface area contributed by atoms with Gasteiger partial charge < -0.3 is 25.0 Å². The van der Waals surface area contributed by atoms with Crippen LogP contribution in [-0.2, 0) is 11.3 Å². The second kappa shape index (κ2) is 11.1. The molecule has 0 aliphatic carbocycles. The Morgan fingerprint density at radius 2 is 1.88 bits per heavy atom. The van der Waals surface area contributed by atoms with Crippen molar-refractivity contribution in [3.63, 3.8) is 0 Å². The Morgan fingerprint density at radius 1 is 1.12 bits per heavy atom. The highest BCUT2D eigenvalue weighted by Gasteiger charge is 2.16. The van der Waals surface area contributed by atoms with Gasteiger partial charge in [-0.05, 0) is 69.7 Å². The van der Waals surface area contributed by atoms with Crippen LogP contribution in [0.15, 0.2) is 42.5 Å². The summed E-state index contributed by atoms with van der Waals surface area (Å²) in [6.45, 7) is 8.47. The van der Waals surface area contributed by atoms with Gasteiger partial charge in [-0.3, -0.25) is 4.79 Å². The van der Waals surface area contributed by atoms with E-state index in [9.17, 15) is 4.79 Å². The van der Waals surface area contributed by atoms with Crippen molar-refractivity contribution in [1.29, 1.82) is 0 Å². The van der Waals surface area contributed by atoms with Gasteiger partial charge in [-0.25, -0.2) is 9.77 Å². The summed E-state index contributed by atoms with van der Waals surface area (Å²) in [5.41, 5.74) is 4.71. The zero-order valence-corrected chi connectivity index (χ0v) is 20.9. The van der Waals surface area contributed by atoms with Crippen LogP contribution in [0, 0.1) is 4.77 Å². The van der Waals surface area contributed by atoms with Crippen molar-refractivity contribution in [3.05, 3.63) is 52.8 Å². The first kappa shape index (κ1) is 25.1. The van der Waals surface area contributed by atoms with Crippen LogP contribution in [0.25, 0.3) is 11.4 Å². The van der Waals surface area contributed by atoms with Crippen molar-refractivity contribution >= 4 is 18.1 Å². The molecule has 10 heteroatoms. The molecule has 0 bridgehead atoms. The highest BCUT2D eigenvalue weighted by atomic mass is 32.1. The highest BCUT2D eigenvalue weighted by Crippen LogP contribution is 2.30. The molecule has 0 aliphatic heterocycles. The number of hydrogen-bond donors (Lipinski definition) is 3. The third-order valence-electron chi connectivity index (χ3n) is 4.64. The fourth-order valence-corrected chi connectivity index (χ4v) is 3.47. The van der Waals surface area contributed by atoms with Gasteiger partial charge in [0, 0.05) is 5.54 Å². The van der Waals surface area contributed by atoms with E-state index in [0.29, 0.717) is 41.0 Å². The van der Waals surface area contributed by atoms with E-state index in [1.54, 1.807) is 17.9 Å². The number of rotatable bonds is 10. The number of methoxy groups -OCH3 is 1. The molecule has 0 unspecified atom stereocenters. The predicted molar refractivity (Wildman–Crippen MR) is 133 cm³/mol. The summed E-state index contributed by atoms with van der Waals surface area (Å²) in [5, 5.41) is 10.1. The van der Waals surface area contributed by atoms with Crippen molar-refractivity contribution < 1.29 is 19.0 Å². The minimum Gasteiger partial charge on any atom is -0.496 e. The SMILES string of the molecule is CCOc1cc(CNn2c(-c3ccccc3OC)n[nH]c2=S)ccc1OCC(=O)NC(C)(C)C. The molecule has 3 aromatic rings. The number of nitrogens with one attached hydrogen (secondary N) is 3. The topological polar surface area (TPSA) is 102 Å². The molecule has 0 saturated heterocycles. The van der Waals surface area contributed by atoms with Crippen molar-refractivity contribution in [2.75, 3.05) is 25.7 Å². The van der Waals surface area contributed by atoms with Gasteiger partial charge in [0.1, 0.15) is 5.75 Å². The lowest BCUT2D eigenvalue weighted by molar-refractivity contribution is -0.124. The van der Waals surface area contributed by atoms with E-state index in [1.165, 1.54) is 0 Å². The fraction of sp³-hybridized carbons (Fsp3) is 0.375. The van der Waals surface area contributed by atoms with Crippen LogP contribution in [0.4, 0.5) is 0 Å². The van der Waals surface area contributed by atoms with Gasteiger partial charge in [0.05, 0.1) is 25.8 Å². The third-order valence-corrected chi connectivity index (χ3v) is 4.92. The summed E-state index contributed by atoms with van der Waals surface area (Å²) in [7, 11) is 1.61. The van der Waals surface area contributed by atoms with Crippen LogP contribution in [0.1, 0.15) is 33.3 Å². The third kappa shape index (κ3) is 6.50. The molecule has 34 heavy (non-hydrogen) atoms. The monoisotopic (exact) mass is 485 g/mol. The van der Waals surface area contributed by atoms with Gasteiger partial charge in [-0.1, -0.05) is 18.2 Å². The number of ether oxygens (including phenoxy) is 3. The maximum atomic E-state index is 12.1. The Labute approximate surface area is 204 Å². The summed E-state index contributed by atoms with van der Waals surface area (Å²) >= 11 is 5.41. The zero-order valence-electron chi connectivity index (χ0n) is 20.1. The van der Waals surface area contributed by atoms with Crippen molar-refractivity contribution in [1.82, 2.24) is 20.2 Å². The number of carbonyl (C=O) groups excluding carboxylic acids is 1.